The molecule has 0 aliphatic carbocycles. The molecule has 0 atom stereocenters. The third-order valence-corrected chi connectivity index (χ3v) is 2.18. The first-order valence-electron chi connectivity index (χ1n) is 3.45. The van der Waals surface area contributed by atoms with Gasteiger partial charge in [0.2, 0.25) is 0 Å². The van der Waals surface area contributed by atoms with Gasteiger partial charge in [-0.3, -0.25) is 0 Å². The molecular formula is C9H8BrClO. The maximum atomic E-state index is 9.22. The van der Waals surface area contributed by atoms with Gasteiger partial charge in [-0.25, -0.2) is 0 Å². The van der Waals surface area contributed by atoms with Crippen LogP contribution in [0.15, 0.2) is 24.3 Å². The van der Waals surface area contributed by atoms with Crippen LogP contribution in [-0.4, -0.2) is 10.4 Å². The Kier molecular flexibility index (Phi) is 3.63. The minimum Gasteiger partial charge on any atom is -0.506 e. The van der Waals surface area contributed by atoms with Crippen LogP contribution in [0.4, 0.5) is 0 Å². The monoisotopic (exact) mass is 246 g/mol. The average Bonchev–Trinajstić information content (AvgIpc) is 2.08. The van der Waals surface area contributed by atoms with Gasteiger partial charge in [-0.1, -0.05) is 51.8 Å². The fraction of sp³-hybridized carbons (Fsp3) is 0.111. The number of benzene rings is 1. The smallest absolute Gasteiger partial charge is 0.134 e. The van der Waals surface area contributed by atoms with Crippen molar-refractivity contribution in [3.63, 3.8) is 0 Å². The zero-order valence-electron chi connectivity index (χ0n) is 6.30. The fourth-order valence-electron chi connectivity index (χ4n) is 0.837. The first-order chi connectivity index (χ1) is 5.75. The van der Waals surface area contributed by atoms with Gasteiger partial charge in [-0.15, -0.1) is 0 Å². The lowest BCUT2D eigenvalue weighted by molar-refractivity contribution is 0.475. The van der Waals surface area contributed by atoms with Gasteiger partial charge >= 0.3 is 0 Å². The highest BCUT2D eigenvalue weighted by Crippen LogP contribution is 2.27. The molecule has 0 aliphatic rings. The van der Waals surface area contributed by atoms with Crippen LogP contribution in [0.2, 0.25) is 5.02 Å². The molecule has 0 radical (unpaired) electrons. The molecule has 0 unspecified atom stereocenters. The number of aromatic hydroxyl groups is 1. The predicted molar refractivity (Wildman–Crippen MR) is 55.9 cm³/mol. The molecule has 0 amide bonds. The number of rotatable bonds is 2. The maximum Gasteiger partial charge on any atom is 0.134 e. The summed E-state index contributed by atoms with van der Waals surface area (Å²) in [6, 6.07) is 5.17. The summed E-state index contributed by atoms with van der Waals surface area (Å²) in [4.78, 5) is 0. The minimum absolute atomic E-state index is 0.119. The lowest BCUT2D eigenvalue weighted by Gasteiger charge is -1.99. The predicted octanol–water partition coefficient (Wildman–Crippen LogP) is 3.45. The second kappa shape index (κ2) is 4.53. The number of alkyl halides is 1. The largest absolute Gasteiger partial charge is 0.506 e. The SMILES string of the molecule is Oc1cccc(C=CCBr)c1Cl. The molecule has 0 heterocycles. The van der Waals surface area contributed by atoms with Crippen molar-refractivity contribution in [1.82, 2.24) is 0 Å². The van der Waals surface area contributed by atoms with E-state index >= 15 is 0 Å². The second-order valence-corrected chi connectivity index (χ2v) is 3.26. The van der Waals surface area contributed by atoms with Gasteiger partial charge in [-0.05, 0) is 11.6 Å². The van der Waals surface area contributed by atoms with Crippen LogP contribution >= 0.6 is 27.5 Å². The Balaban J connectivity index is 3.00. The molecule has 12 heavy (non-hydrogen) atoms. The maximum absolute atomic E-state index is 9.22. The van der Waals surface area contributed by atoms with Crippen molar-refractivity contribution in [1.29, 1.82) is 0 Å². The number of allylic oxidation sites excluding steroid dienone is 1. The van der Waals surface area contributed by atoms with Crippen molar-refractivity contribution in [3.8, 4) is 5.75 Å². The van der Waals surface area contributed by atoms with E-state index in [2.05, 4.69) is 15.9 Å². The lowest BCUT2D eigenvalue weighted by Crippen LogP contribution is -1.75. The normalized spacial score (nSPS) is 10.8. The highest BCUT2D eigenvalue weighted by atomic mass is 79.9. The van der Waals surface area contributed by atoms with E-state index in [0.717, 1.165) is 10.9 Å². The summed E-state index contributed by atoms with van der Waals surface area (Å²) < 4.78 is 0. The van der Waals surface area contributed by atoms with E-state index in [9.17, 15) is 5.11 Å². The molecule has 64 valence electrons. The van der Waals surface area contributed by atoms with Crippen LogP contribution in [0, 0.1) is 0 Å². The number of phenolic OH excluding ortho intramolecular Hbond substituents is 1. The lowest BCUT2D eigenvalue weighted by atomic mass is 10.2. The third kappa shape index (κ3) is 2.26. The molecule has 0 bridgehead atoms. The second-order valence-electron chi connectivity index (χ2n) is 2.24. The summed E-state index contributed by atoms with van der Waals surface area (Å²) in [6.45, 7) is 0. The Morgan fingerprint density at radius 1 is 1.50 bits per heavy atom. The topological polar surface area (TPSA) is 20.2 Å². The van der Waals surface area contributed by atoms with Gasteiger partial charge in [0.1, 0.15) is 5.75 Å². The molecule has 0 saturated carbocycles. The van der Waals surface area contributed by atoms with Crippen LogP contribution in [0.3, 0.4) is 0 Å². The van der Waals surface area contributed by atoms with Crippen LogP contribution in [-0.2, 0) is 0 Å². The van der Waals surface area contributed by atoms with E-state index in [-0.39, 0.29) is 5.75 Å². The molecule has 1 aromatic carbocycles. The number of halogens is 2. The van der Waals surface area contributed by atoms with Crippen molar-refractivity contribution in [2.75, 3.05) is 5.33 Å². The molecule has 0 aliphatic heterocycles. The van der Waals surface area contributed by atoms with Crippen molar-refractivity contribution >= 4 is 33.6 Å². The van der Waals surface area contributed by atoms with Gasteiger partial charge in [0, 0.05) is 5.33 Å². The van der Waals surface area contributed by atoms with Crippen LogP contribution < -0.4 is 0 Å². The molecule has 0 spiro atoms. The van der Waals surface area contributed by atoms with Gasteiger partial charge in [0.25, 0.3) is 0 Å². The number of hydrogen-bond donors (Lipinski definition) is 1. The summed E-state index contributed by atoms with van der Waals surface area (Å²) in [7, 11) is 0. The molecule has 0 aromatic heterocycles. The first kappa shape index (κ1) is 9.62. The summed E-state index contributed by atoms with van der Waals surface area (Å²) in [6.07, 6.45) is 3.78. The van der Waals surface area contributed by atoms with Crippen LogP contribution in [0.25, 0.3) is 6.08 Å². The molecule has 3 heteroatoms. The standard InChI is InChI=1S/C9H8BrClO/c10-6-2-4-7-3-1-5-8(12)9(7)11/h1-5,12H,6H2. The summed E-state index contributed by atoms with van der Waals surface area (Å²) in [5.41, 5.74) is 0.830. The van der Waals surface area contributed by atoms with E-state index in [0.29, 0.717) is 5.02 Å². The molecule has 1 rings (SSSR count). The zero-order chi connectivity index (χ0) is 8.97. The number of hydrogen-bond acceptors (Lipinski definition) is 1. The van der Waals surface area contributed by atoms with E-state index in [1.54, 1.807) is 12.1 Å². The van der Waals surface area contributed by atoms with Crippen LogP contribution in [0.1, 0.15) is 5.56 Å². The Hall–Kier alpha value is -0.470. The van der Waals surface area contributed by atoms with Crippen molar-refractivity contribution in [2.45, 2.75) is 0 Å². The van der Waals surface area contributed by atoms with Gasteiger partial charge in [0.15, 0.2) is 0 Å². The Morgan fingerprint density at radius 2 is 2.25 bits per heavy atom. The van der Waals surface area contributed by atoms with E-state index < -0.39 is 0 Å². The fourth-order valence-corrected chi connectivity index (χ4v) is 1.21. The summed E-state index contributed by atoms with van der Waals surface area (Å²) in [5.74, 6) is 0.119. The molecule has 0 fully saturated rings. The third-order valence-electron chi connectivity index (χ3n) is 1.39. The Labute approximate surface area is 84.8 Å². The minimum atomic E-state index is 0.119. The van der Waals surface area contributed by atoms with Gasteiger partial charge in [-0.2, -0.15) is 0 Å². The average molecular weight is 248 g/mol. The van der Waals surface area contributed by atoms with Crippen molar-refractivity contribution in [2.24, 2.45) is 0 Å². The summed E-state index contributed by atoms with van der Waals surface area (Å²) in [5, 5.41) is 10.4. The highest BCUT2D eigenvalue weighted by Gasteiger charge is 2.00. The van der Waals surface area contributed by atoms with E-state index in [4.69, 9.17) is 11.6 Å². The van der Waals surface area contributed by atoms with Gasteiger partial charge in [0.05, 0.1) is 5.02 Å². The molecule has 1 aromatic rings. The van der Waals surface area contributed by atoms with Crippen LogP contribution in [0.5, 0.6) is 5.75 Å². The number of phenols is 1. The first-order valence-corrected chi connectivity index (χ1v) is 4.95. The van der Waals surface area contributed by atoms with E-state index in [1.165, 1.54) is 0 Å². The van der Waals surface area contributed by atoms with E-state index in [1.807, 2.05) is 18.2 Å². The molecule has 0 saturated heterocycles. The van der Waals surface area contributed by atoms with Crippen molar-refractivity contribution in [3.05, 3.63) is 34.9 Å². The summed E-state index contributed by atoms with van der Waals surface area (Å²) >= 11 is 9.07. The highest BCUT2D eigenvalue weighted by molar-refractivity contribution is 9.09. The zero-order valence-corrected chi connectivity index (χ0v) is 8.64. The van der Waals surface area contributed by atoms with Crippen molar-refractivity contribution < 1.29 is 5.11 Å². The molecular weight excluding hydrogens is 239 g/mol. The molecule has 1 nitrogen and oxygen atoms in total. The van der Waals surface area contributed by atoms with Gasteiger partial charge < -0.3 is 5.11 Å². The Morgan fingerprint density at radius 3 is 2.92 bits per heavy atom. The molecule has 1 N–H and O–H groups in total. The Bertz CT molecular complexity index is 297. The quantitative estimate of drug-likeness (QED) is 0.794.